The standard InChI is InChI=1S/C22H24ClN3O3/c23-15-5-11-18(12-6-15)29-14-21-25-19-3-1-2-4-20(19)26(21)13-22(28)24-16-7-9-17(27)10-8-16/h1-6,11-12,16-17,27H,7-10,13-14H2,(H,24,28). The summed E-state index contributed by atoms with van der Waals surface area (Å²) in [5.41, 5.74) is 1.73. The van der Waals surface area contributed by atoms with Gasteiger partial charge >= 0.3 is 0 Å². The van der Waals surface area contributed by atoms with Crippen LogP contribution in [0, 0.1) is 0 Å². The highest BCUT2D eigenvalue weighted by molar-refractivity contribution is 6.30. The van der Waals surface area contributed by atoms with Crippen LogP contribution in [0.1, 0.15) is 31.5 Å². The summed E-state index contributed by atoms with van der Waals surface area (Å²) in [4.78, 5) is 17.3. The maximum absolute atomic E-state index is 12.7. The number of amides is 1. The zero-order valence-corrected chi connectivity index (χ0v) is 16.8. The molecule has 1 aliphatic rings. The van der Waals surface area contributed by atoms with Gasteiger partial charge in [-0.1, -0.05) is 23.7 Å². The number of hydrogen-bond donors (Lipinski definition) is 2. The number of rotatable bonds is 6. The van der Waals surface area contributed by atoms with Crippen molar-refractivity contribution in [3.8, 4) is 5.75 Å². The van der Waals surface area contributed by atoms with Gasteiger partial charge in [-0.2, -0.15) is 0 Å². The fraction of sp³-hybridized carbons (Fsp3) is 0.364. The van der Waals surface area contributed by atoms with Crippen LogP contribution in [0.5, 0.6) is 5.75 Å². The molecule has 1 amide bonds. The maximum Gasteiger partial charge on any atom is 0.240 e. The molecular weight excluding hydrogens is 390 g/mol. The van der Waals surface area contributed by atoms with Crippen molar-refractivity contribution in [2.75, 3.05) is 0 Å². The number of benzene rings is 2. The molecule has 6 nitrogen and oxygen atoms in total. The normalized spacial score (nSPS) is 19.2. The Balaban J connectivity index is 1.48. The summed E-state index contributed by atoms with van der Waals surface area (Å²) < 4.78 is 7.76. The number of halogens is 1. The van der Waals surface area contributed by atoms with E-state index in [9.17, 15) is 9.90 Å². The first-order valence-electron chi connectivity index (χ1n) is 9.88. The molecule has 7 heteroatoms. The topological polar surface area (TPSA) is 76.4 Å². The van der Waals surface area contributed by atoms with Crippen molar-refractivity contribution >= 4 is 28.5 Å². The molecule has 2 N–H and O–H groups in total. The number of imidazole rings is 1. The number of nitrogens with zero attached hydrogens (tertiary/aromatic N) is 2. The SMILES string of the molecule is O=C(Cn1c(COc2ccc(Cl)cc2)nc2ccccc21)NC1CCC(O)CC1. The number of ether oxygens (including phenoxy) is 1. The molecular formula is C22H24ClN3O3. The molecule has 0 bridgehead atoms. The second kappa shape index (κ2) is 8.84. The van der Waals surface area contributed by atoms with E-state index in [1.165, 1.54) is 0 Å². The number of aromatic nitrogens is 2. The van der Waals surface area contributed by atoms with Gasteiger partial charge in [0.1, 0.15) is 24.7 Å². The highest BCUT2D eigenvalue weighted by Crippen LogP contribution is 2.21. The first-order chi connectivity index (χ1) is 14.1. The van der Waals surface area contributed by atoms with Crippen LogP contribution in [0.2, 0.25) is 5.02 Å². The van der Waals surface area contributed by atoms with Crippen molar-refractivity contribution in [1.29, 1.82) is 0 Å². The Morgan fingerprint density at radius 3 is 2.62 bits per heavy atom. The molecule has 29 heavy (non-hydrogen) atoms. The minimum absolute atomic E-state index is 0.0534. The van der Waals surface area contributed by atoms with Crippen molar-refractivity contribution in [1.82, 2.24) is 14.9 Å². The number of hydrogen-bond acceptors (Lipinski definition) is 4. The van der Waals surface area contributed by atoms with Gasteiger partial charge in [0.2, 0.25) is 5.91 Å². The Kier molecular flexibility index (Phi) is 6.02. The van der Waals surface area contributed by atoms with Crippen molar-refractivity contribution in [3.05, 3.63) is 59.4 Å². The van der Waals surface area contributed by atoms with Crippen LogP contribution >= 0.6 is 11.6 Å². The van der Waals surface area contributed by atoms with Gasteiger partial charge in [-0.05, 0) is 62.1 Å². The highest BCUT2D eigenvalue weighted by atomic mass is 35.5. The Bertz CT molecular complexity index is 979. The molecule has 0 unspecified atom stereocenters. The van der Waals surface area contributed by atoms with Crippen LogP contribution in [0.25, 0.3) is 11.0 Å². The van der Waals surface area contributed by atoms with Crippen molar-refractivity contribution in [2.24, 2.45) is 0 Å². The van der Waals surface area contributed by atoms with Gasteiger partial charge in [-0.25, -0.2) is 4.98 Å². The minimum atomic E-state index is -0.239. The summed E-state index contributed by atoms with van der Waals surface area (Å²) in [5, 5.41) is 13.4. The lowest BCUT2D eigenvalue weighted by atomic mass is 9.93. The van der Waals surface area contributed by atoms with E-state index >= 15 is 0 Å². The maximum atomic E-state index is 12.7. The molecule has 0 saturated heterocycles. The summed E-state index contributed by atoms with van der Waals surface area (Å²) in [6.07, 6.45) is 2.85. The lowest BCUT2D eigenvalue weighted by Gasteiger charge is -2.26. The average molecular weight is 414 g/mol. The predicted molar refractivity (Wildman–Crippen MR) is 112 cm³/mol. The second-order valence-corrected chi connectivity index (χ2v) is 7.85. The molecule has 1 aliphatic carbocycles. The molecule has 1 saturated carbocycles. The van der Waals surface area contributed by atoms with Crippen LogP contribution in [0.4, 0.5) is 0 Å². The highest BCUT2D eigenvalue weighted by Gasteiger charge is 2.22. The quantitative estimate of drug-likeness (QED) is 0.646. The van der Waals surface area contributed by atoms with Crippen LogP contribution < -0.4 is 10.1 Å². The second-order valence-electron chi connectivity index (χ2n) is 7.42. The summed E-state index contributed by atoms with van der Waals surface area (Å²) in [6, 6.07) is 15.0. The number of fused-ring (bicyclic) bond motifs is 1. The van der Waals surface area contributed by atoms with Crippen molar-refractivity contribution < 1.29 is 14.6 Å². The zero-order chi connectivity index (χ0) is 20.2. The third kappa shape index (κ3) is 4.89. The Hall–Kier alpha value is -2.57. The largest absolute Gasteiger partial charge is 0.486 e. The van der Waals surface area contributed by atoms with Crippen LogP contribution in [0.3, 0.4) is 0 Å². The van der Waals surface area contributed by atoms with Gasteiger partial charge < -0.3 is 19.7 Å². The molecule has 3 aromatic rings. The van der Waals surface area contributed by atoms with E-state index in [1.54, 1.807) is 24.3 Å². The van der Waals surface area contributed by atoms with Crippen LogP contribution in [0.15, 0.2) is 48.5 Å². The van der Waals surface area contributed by atoms with Gasteiger partial charge in [0, 0.05) is 11.1 Å². The fourth-order valence-corrected chi connectivity index (χ4v) is 3.85. The molecule has 4 rings (SSSR count). The van der Waals surface area contributed by atoms with E-state index in [0.717, 1.165) is 36.7 Å². The molecule has 0 radical (unpaired) electrons. The van der Waals surface area contributed by atoms with E-state index in [-0.39, 0.29) is 31.2 Å². The molecule has 0 aliphatic heterocycles. The fourth-order valence-electron chi connectivity index (χ4n) is 3.73. The summed E-state index contributed by atoms with van der Waals surface area (Å²) in [6.45, 7) is 0.429. The molecule has 1 heterocycles. The summed E-state index contributed by atoms with van der Waals surface area (Å²) in [7, 11) is 0. The lowest BCUT2D eigenvalue weighted by molar-refractivity contribution is -0.122. The van der Waals surface area contributed by atoms with E-state index in [1.807, 2.05) is 28.8 Å². The third-order valence-corrected chi connectivity index (χ3v) is 5.53. The number of nitrogens with one attached hydrogen (secondary N) is 1. The van der Waals surface area contributed by atoms with Crippen molar-refractivity contribution in [2.45, 2.75) is 51.0 Å². The lowest BCUT2D eigenvalue weighted by Crippen LogP contribution is -2.40. The minimum Gasteiger partial charge on any atom is -0.486 e. The summed E-state index contributed by atoms with van der Waals surface area (Å²) in [5.74, 6) is 1.33. The molecule has 0 atom stereocenters. The smallest absolute Gasteiger partial charge is 0.240 e. The van der Waals surface area contributed by atoms with Gasteiger partial charge in [-0.3, -0.25) is 4.79 Å². The van der Waals surface area contributed by atoms with E-state index in [2.05, 4.69) is 10.3 Å². The van der Waals surface area contributed by atoms with E-state index in [4.69, 9.17) is 16.3 Å². The Morgan fingerprint density at radius 2 is 1.86 bits per heavy atom. The Labute approximate surface area is 174 Å². The van der Waals surface area contributed by atoms with E-state index in [0.29, 0.717) is 16.6 Å². The monoisotopic (exact) mass is 413 g/mol. The van der Waals surface area contributed by atoms with Gasteiger partial charge in [0.25, 0.3) is 0 Å². The first-order valence-corrected chi connectivity index (χ1v) is 10.3. The van der Waals surface area contributed by atoms with Gasteiger partial charge in [-0.15, -0.1) is 0 Å². The van der Waals surface area contributed by atoms with Gasteiger partial charge in [0.15, 0.2) is 0 Å². The molecule has 152 valence electrons. The Morgan fingerprint density at radius 1 is 1.14 bits per heavy atom. The average Bonchev–Trinajstić information content (AvgIpc) is 3.07. The molecule has 1 fully saturated rings. The zero-order valence-electron chi connectivity index (χ0n) is 16.1. The molecule has 2 aromatic carbocycles. The predicted octanol–water partition coefficient (Wildman–Crippen LogP) is 3.69. The number of aliphatic hydroxyl groups is 1. The van der Waals surface area contributed by atoms with Crippen LogP contribution in [-0.4, -0.2) is 32.7 Å². The molecule has 1 aromatic heterocycles. The van der Waals surface area contributed by atoms with E-state index < -0.39 is 0 Å². The number of carbonyl (C=O) groups excluding carboxylic acids is 1. The third-order valence-electron chi connectivity index (χ3n) is 5.28. The van der Waals surface area contributed by atoms with Gasteiger partial charge in [0.05, 0.1) is 17.1 Å². The number of aliphatic hydroxyl groups excluding tert-OH is 1. The number of carbonyl (C=O) groups is 1. The number of para-hydroxylation sites is 2. The first kappa shape index (κ1) is 19.7. The summed E-state index contributed by atoms with van der Waals surface area (Å²) >= 11 is 5.92. The van der Waals surface area contributed by atoms with Crippen molar-refractivity contribution in [3.63, 3.8) is 0 Å². The van der Waals surface area contributed by atoms with Crippen LogP contribution in [-0.2, 0) is 17.9 Å². The molecule has 0 spiro atoms.